The first-order chi connectivity index (χ1) is 12.0. The average Bonchev–Trinajstić information content (AvgIpc) is 2.53. The Morgan fingerprint density at radius 1 is 1.00 bits per heavy atom. The minimum atomic E-state index is -0.396. The molecule has 0 radical (unpaired) electrons. The van der Waals surface area contributed by atoms with Crippen LogP contribution in [0.2, 0.25) is 0 Å². The van der Waals surface area contributed by atoms with Gasteiger partial charge >= 0.3 is 0 Å². The Balaban J connectivity index is 1.29. The van der Waals surface area contributed by atoms with Crippen molar-refractivity contribution in [3.8, 4) is 0 Å². The summed E-state index contributed by atoms with van der Waals surface area (Å²) in [5.41, 5.74) is 4.90. The summed E-state index contributed by atoms with van der Waals surface area (Å²) in [5, 5.41) is 0. The molecular weight excluding hydrogens is 318 g/mol. The Kier molecular flexibility index (Phi) is 4.13. The molecule has 6 heteroatoms. The molecule has 25 heavy (non-hydrogen) atoms. The van der Waals surface area contributed by atoms with E-state index >= 15 is 0 Å². The zero-order chi connectivity index (χ0) is 17.4. The first-order valence-corrected chi connectivity index (χ1v) is 9.24. The quantitative estimate of drug-likeness (QED) is 0.815. The van der Waals surface area contributed by atoms with Crippen molar-refractivity contribution in [1.82, 2.24) is 15.4 Å². The van der Waals surface area contributed by atoms with E-state index in [1.54, 1.807) is 18.3 Å². The number of amides is 2. The second-order valence-corrected chi connectivity index (χ2v) is 8.36. The zero-order valence-corrected chi connectivity index (χ0v) is 14.4. The molecule has 134 valence electrons. The lowest BCUT2D eigenvalue weighted by Crippen LogP contribution is -2.50. The van der Waals surface area contributed by atoms with Gasteiger partial charge < -0.3 is 4.57 Å². The van der Waals surface area contributed by atoms with Gasteiger partial charge in [-0.1, -0.05) is 6.07 Å². The van der Waals surface area contributed by atoms with Gasteiger partial charge in [-0.25, -0.2) is 0 Å². The topological polar surface area (TPSA) is 80.2 Å². The largest absolute Gasteiger partial charge is 0.306 e. The number of nitrogens with zero attached hydrogens (tertiary/aromatic N) is 1. The molecular formula is C19H25N3O3. The molecule has 0 atom stereocenters. The minimum absolute atomic E-state index is 0.0999. The van der Waals surface area contributed by atoms with Crippen LogP contribution in [0.3, 0.4) is 0 Å². The highest BCUT2D eigenvalue weighted by Crippen LogP contribution is 2.61. The van der Waals surface area contributed by atoms with Gasteiger partial charge in [-0.3, -0.25) is 25.2 Å². The van der Waals surface area contributed by atoms with E-state index in [1.165, 1.54) is 49.2 Å². The van der Waals surface area contributed by atoms with E-state index < -0.39 is 5.91 Å². The fourth-order valence-electron chi connectivity index (χ4n) is 5.82. The molecule has 4 saturated carbocycles. The molecule has 1 aromatic rings. The Morgan fingerprint density at radius 3 is 2.20 bits per heavy atom. The lowest BCUT2D eigenvalue weighted by atomic mass is 9.49. The number of pyridine rings is 1. The molecule has 0 spiro atoms. The van der Waals surface area contributed by atoms with E-state index in [9.17, 15) is 14.4 Å². The van der Waals surface area contributed by atoms with Gasteiger partial charge in [-0.05, 0) is 67.8 Å². The summed E-state index contributed by atoms with van der Waals surface area (Å²) in [4.78, 5) is 35.9. The normalized spacial score (nSPS) is 32.4. The van der Waals surface area contributed by atoms with Gasteiger partial charge in [0.1, 0.15) is 6.54 Å². The van der Waals surface area contributed by atoms with Crippen molar-refractivity contribution in [3.63, 3.8) is 0 Å². The van der Waals surface area contributed by atoms with Crippen LogP contribution < -0.4 is 16.4 Å². The van der Waals surface area contributed by atoms with Crippen molar-refractivity contribution in [2.24, 2.45) is 23.2 Å². The second kappa shape index (κ2) is 6.32. The van der Waals surface area contributed by atoms with Crippen molar-refractivity contribution < 1.29 is 9.59 Å². The molecule has 0 unspecified atom stereocenters. The third kappa shape index (κ3) is 3.48. The Hall–Kier alpha value is -2.11. The maximum atomic E-state index is 12.4. The summed E-state index contributed by atoms with van der Waals surface area (Å²) in [5.74, 6) is 1.90. The van der Waals surface area contributed by atoms with Gasteiger partial charge in [0.15, 0.2) is 0 Å². The predicted octanol–water partition coefficient (Wildman–Crippen LogP) is 1.60. The van der Waals surface area contributed by atoms with Crippen LogP contribution in [0.15, 0.2) is 29.2 Å². The van der Waals surface area contributed by atoms with Crippen molar-refractivity contribution >= 4 is 11.8 Å². The number of hydrogen-bond donors (Lipinski definition) is 2. The Morgan fingerprint density at radius 2 is 1.60 bits per heavy atom. The van der Waals surface area contributed by atoms with Gasteiger partial charge in [0, 0.05) is 18.7 Å². The molecule has 0 saturated heterocycles. The maximum absolute atomic E-state index is 12.4. The number of hydrazine groups is 1. The Bertz CT molecular complexity index is 704. The minimum Gasteiger partial charge on any atom is -0.306 e. The van der Waals surface area contributed by atoms with Gasteiger partial charge in [0.05, 0.1) is 0 Å². The number of rotatable bonds is 4. The van der Waals surface area contributed by atoms with Crippen molar-refractivity contribution in [2.45, 2.75) is 51.5 Å². The number of carbonyl (C=O) groups is 2. The fourth-order valence-corrected chi connectivity index (χ4v) is 5.82. The van der Waals surface area contributed by atoms with E-state index in [1.807, 2.05) is 0 Å². The molecule has 2 amide bonds. The van der Waals surface area contributed by atoms with Crippen molar-refractivity contribution in [1.29, 1.82) is 0 Å². The standard InChI is InChI=1S/C19H25N3O3/c23-16(20-21-17(24)12-22-4-2-1-3-18(22)25)11-19-8-13-5-14(9-19)7-15(6-13)10-19/h1-4,13-15H,5-12H2,(H,20,23)(H,21,24). The molecule has 2 N–H and O–H groups in total. The first-order valence-electron chi connectivity index (χ1n) is 9.24. The van der Waals surface area contributed by atoms with E-state index in [-0.39, 0.29) is 23.4 Å². The van der Waals surface area contributed by atoms with Gasteiger partial charge in [0.2, 0.25) is 5.91 Å². The molecule has 1 heterocycles. The molecule has 0 aromatic carbocycles. The molecule has 4 aliphatic rings. The van der Waals surface area contributed by atoms with Crippen LogP contribution in [0.4, 0.5) is 0 Å². The fraction of sp³-hybridized carbons (Fsp3) is 0.632. The number of aromatic nitrogens is 1. The van der Waals surface area contributed by atoms with Gasteiger partial charge in [0.25, 0.3) is 11.5 Å². The third-order valence-electron chi connectivity index (χ3n) is 6.25. The van der Waals surface area contributed by atoms with Crippen LogP contribution >= 0.6 is 0 Å². The lowest BCUT2D eigenvalue weighted by molar-refractivity contribution is -0.134. The van der Waals surface area contributed by atoms with Crippen LogP contribution in [0, 0.1) is 23.2 Å². The highest BCUT2D eigenvalue weighted by atomic mass is 16.2. The van der Waals surface area contributed by atoms with Crippen LogP contribution in [0.25, 0.3) is 0 Å². The smallest absolute Gasteiger partial charge is 0.258 e. The molecule has 4 fully saturated rings. The molecule has 6 nitrogen and oxygen atoms in total. The lowest BCUT2D eigenvalue weighted by Gasteiger charge is -2.56. The second-order valence-electron chi connectivity index (χ2n) is 8.36. The van der Waals surface area contributed by atoms with E-state index in [0.29, 0.717) is 6.42 Å². The molecule has 4 bridgehead atoms. The van der Waals surface area contributed by atoms with E-state index in [2.05, 4.69) is 10.9 Å². The highest BCUT2D eigenvalue weighted by molar-refractivity contribution is 5.82. The average molecular weight is 343 g/mol. The Labute approximate surface area is 147 Å². The summed E-state index contributed by atoms with van der Waals surface area (Å²) in [6.07, 6.45) is 9.61. The maximum Gasteiger partial charge on any atom is 0.258 e. The molecule has 5 rings (SSSR count). The molecule has 1 aromatic heterocycles. The number of hydrogen-bond acceptors (Lipinski definition) is 3. The summed E-state index contributed by atoms with van der Waals surface area (Å²) in [7, 11) is 0. The monoisotopic (exact) mass is 343 g/mol. The highest BCUT2D eigenvalue weighted by Gasteiger charge is 2.51. The summed E-state index contributed by atoms with van der Waals surface area (Å²) < 4.78 is 1.31. The van der Waals surface area contributed by atoms with Crippen molar-refractivity contribution in [3.05, 3.63) is 34.7 Å². The zero-order valence-electron chi connectivity index (χ0n) is 14.4. The summed E-state index contributed by atoms with van der Waals surface area (Å²) in [6, 6.07) is 4.73. The van der Waals surface area contributed by atoms with Crippen LogP contribution in [-0.4, -0.2) is 16.4 Å². The summed E-state index contributed by atoms with van der Waals surface area (Å²) in [6.45, 7) is -0.0999. The van der Waals surface area contributed by atoms with Crippen LogP contribution in [-0.2, 0) is 16.1 Å². The van der Waals surface area contributed by atoms with E-state index in [0.717, 1.165) is 17.8 Å². The van der Waals surface area contributed by atoms with Gasteiger partial charge in [-0.15, -0.1) is 0 Å². The number of nitrogens with one attached hydrogen (secondary N) is 2. The first kappa shape index (κ1) is 16.4. The van der Waals surface area contributed by atoms with Crippen LogP contribution in [0.5, 0.6) is 0 Å². The number of carbonyl (C=O) groups excluding carboxylic acids is 2. The summed E-state index contributed by atoms with van der Waals surface area (Å²) >= 11 is 0. The van der Waals surface area contributed by atoms with Gasteiger partial charge in [-0.2, -0.15) is 0 Å². The molecule has 4 aliphatic carbocycles. The SMILES string of the molecule is O=C(Cn1ccccc1=O)NNC(=O)CC12CC3CC(CC(C3)C1)C2. The predicted molar refractivity (Wildman–Crippen MR) is 92.2 cm³/mol. The van der Waals surface area contributed by atoms with Crippen LogP contribution in [0.1, 0.15) is 44.9 Å². The van der Waals surface area contributed by atoms with E-state index in [4.69, 9.17) is 0 Å². The van der Waals surface area contributed by atoms with Crippen molar-refractivity contribution in [2.75, 3.05) is 0 Å². The molecule has 0 aliphatic heterocycles. The third-order valence-corrected chi connectivity index (χ3v) is 6.25.